The van der Waals surface area contributed by atoms with Crippen molar-refractivity contribution in [1.82, 2.24) is 19.8 Å². The average Bonchev–Trinajstić information content (AvgIpc) is 3.31. The van der Waals surface area contributed by atoms with E-state index in [0.29, 0.717) is 0 Å². The molecule has 0 bridgehead atoms. The third-order valence-electron chi connectivity index (χ3n) is 5.12. The molecule has 1 N–H and O–H groups in total. The molecule has 0 saturated carbocycles. The van der Waals surface area contributed by atoms with Gasteiger partial charge in [-0.25, -0.2) is 0 Å². The van der Waals surface area contributed by atoms with Gasteiger partial charge in [-0.15, -0.1) is 0 Å². The number of hydrogen-bond donors (Lipinski definition) is 1. The Balaban J connectivity index is 1.79. The highest BCUT2D eigenvalue weighted by Crippen LogP contribution is 2.39. The van der Waals surface area contributed by atoms with Gasteiger partial charge >= 0.3 is 0 Å². The molecule has 1 saturated heterocycles. The Bertz CT molecular complexity index is 956. The van der Waals surface area contributed by atoms with Gasteiger partial charge in [-0.3, -0.25) is 4.98 Å². The van der Waals surface area contributed by atoms with E-state index in [4.69, 9.17) is 23.8 Å². The number of aromatic nitrogens is 2. The van der Waals surface area contributed by atoms with Crippen LogP contribution in [0.3, 0.4) is 0 Å². The number of nitrogens with zero attached hydrogens (tertiary/aromatic N) is 3. The lowest BCUT2D eigenvalue weighted by Crippen LogP contribution is -2.31. The lowest BCUT2D eigenvalue weighted by Gasteiger charge is -2.29. The highest BCUT2D eigenvalue weighted by atomic mass is 35.5. The van der Waals surface area contributed by atoms with Crippen LogP contribution in [0.1, 0.15) is 43.2 Å². The molecule has 3 aromatic rings. The summed E-state index contributed by atoms with van der Waals surface area (Å²) in [6, 6.07) is 18.2. The second-order valence-corrected chi connectivity index (χ2v) is 7.78. The number of rotatable bonds is 6. The smallest absolute Gasteiger partial charge is 0.170 e. The highest BCUT2D eigenvalue weighted by molar-refractivity contribution is 7.80. The first-order valence-corrected chi connectivity index (χ1v) is 10.4. The van der Waals surface area contributed by atoms with Crippen molar-refractivity contribution in [3.63, 3.8) is 0 Å². The van der Waals surface area contributed by atoms with Gasteiger partial charge < -0.3 is 14.8 Å². The molecule has 1 fully saturated rings. The second kappa shape index (κ2) is 8.33. The van der Waals surface area contributed by atoms with Crippen LogP contribution in [-0.2, 0) is 0 Å². The quantitative estimate of drug-likeness (QED) is 0.559. The fraction of sp³-hybridized carbons (Fsp3) is 0.273. The van der Waals surface area contributed by atoms with Crippen LogP contribution in [0.5, 0.6) is 0 Å². The number of thiocarbonyl (C=S) groups is 1. The van der Waals surface area contributed by atoms with Gasteiger partial charge in [-0.05, 0) is 61.1 Å². The third kappa shape index (κ3) is 3.64. The van der Waals surface area contributed by atoms with Gasteiger partial charge in [0.2, 0.25) is 0 Å². The molecule has 4 nitrogen and oxygen atoms in total. The van der Waals surface area contributed by atoms with Gasteiger partial charge in [0, 0.05) is 35.3 Å². The van der Waals surface area contributed by atoms with E-state index in [9.17, 15) is 0 Å². The molecule has 0 amide bonds. The van der Waals surface area contributed by atoms with Gasteiger partial charge in [-0.2, -0.15) is 0 Å². The predicted molar refractivity (Wildman–Crippen MR) is 118 cm³/mol. The molecule has 144 valence electrons. The van der Waals surface area contributed by atoms with E-state index in [2.05, 4.69) is 57.2 Å². The van der Waals surface area contributed by atoms with E-state index in [1.807, 2.05) is 36.5 Å². The first-order chi connectivity index (χ1) is 13.7. The van der Waals surface area contributed by atoms with E-state index >= 15 is 0 Å². The summed E-state index contributed by atoms with van der Waals surface area (Å²) in [7, 11) is 0. The minimum Gasteiger partial charge on any atom is -0.352 e. The summed E-state index contributed by atoms with van der Waals surface area (Å²) in [6.07, 6.45) is 6.12. The van der Waals surface area contributed by atoms with Crippen molar-refractivity contribution in [1.29, 1.82) is 0 Å². The number of hydrogen-bond acceptors (Lipinski definition) is 2. The number of unbranched alkanes of at least 4 members (excludes halogenated alkanes) is 1. The standard InChI is InChI=1S/C22H23ClN4S/c1-2-3-13-27-21(20(25-22(27)28)18-10-4-5-12-24-18)19-11-7-14-26(19)17-9-6-8-16(23)15-17/h4-12,14-15,20-21H,2-3,13H2,1H3,(H,25,28). The van der Waals surface area contributed by atoms with Crippen LogP contribution in [0, 0.1) is 0 Å². The third-order valence-corrected chi connectivity index (χ3v) is 5.71. The molecule has 28 heavy (non-hydrogen) atoms. The van der Waals surface area contributed by atoms with Crippen LogP contribution in [0.2, 0.25) is 5.02 Å². The topological polar surface area (TPSA) is 33.1 Å². The van der Waals surface area contributed by atoms with Crippen LogP contribution in [0.4, 0.5) is 0 Å². The Kier molecular flexibility index (Phi) is 5.64. The SMILES string of the molecule is CCCCN1C(=S)NC(c2ccccn2)C1c1cccn1-c1cccc(Cl)c1. The van der Waals surface area contributed by atoms with Gasteiger partial charge in [-0.1, -0.05) is 37.1 Å². The Morgan fingerprint density at radius 1 is 1.14 bits per heavy atom. The predicted octanol–water partition coefficient (Wildman–Crippen LogP) is 5.30. The largest absolute Gasteiger partial charge is 0.352 e. The van der Waals surface area contributed by atoms with Crippen LogP contribution in [-0.4, -0.2) is 26.1 Å². The minimum atomic E-state index is -0.00149. The summed E-state index contributed by atoms with van der Waals surface area (Å²) < 4.78 is 2.20. The van der Waals surface area contributed by atoms with Crippen molar-refractivity contribution < 1.29 is 0 Å². The molecule has 6 heteroatoms. The zero-order chi connectivity index (χ0) is 19.5. The van der Waals surface area contributed by atoms with E-state index in [1.54, 1.807) is 0 Å². The molecule has 0 spiro atoms. The fourth-order valence-electron chi connectivity index (χ4n) is 3.79. The Morgan fingerprint density at radius 2 is 2.04 bits per heavy atom. The zero-order valence-electron chi connectivity index (χ0n) is 15.8. The van der Waals surface area contributed by atoms with Crippen LogP contribution in [0.15, 0.2) is 67.0 Å². The lowest BCUT2D eigenvalue weighted by molar-refractivity contribution is 0.304. The summed E-state index contributed by atoms with van der Waals surface area (Å²) in [5, 5.41) is 5.02. The summed E-state index contributed by atoms with van der Waals surface area (Å²) in [5.74, 6) is 0. The van der Waals surface area contributed by atoms with Crippen molar-refractivity contribution in [2.24, 2.45) is 0 Å². The summed E-state index contributed by atoms with van der Waals surface area (Å²) >= 11 is 12.0. The van der Waals surface area contributed by atoms with E-state index in [0.717, 1.165) is 40.9 Å². The highest BCUT2D eigenvalue weighted by Gasteiger charge is 2.40. The first kappa shape index (κ1) is 19.0. The van der Waals surface area contributed by atoms with Gasteiger partial charge in [0.25, 0.3) is 0 Å². The molecule has 1 aliphatic heterocycles. The van der Waals surface area contributed by atoms with Crippen molar-refractivity contribution in [3.8, 4) is 5.69 Å². The zero-order valence-corrected chi connectivity index (χ0v) is 17.3. The van der Waals surface area contributed by atoms with Crippen LogP contribution in [0.25, 0.3) is 5.69 Å². The maximum absolute atomic E-state index is 6.25. The van der Waals surface area contributed by atoms with Crippen LogP contribution < -0.4 is 5.32 Å². The molecular formula is C22H23ClN4S. The van der Waals surface area contributed by atoms with E-state index in [1.165, 1.54) is 5.69 Å². The number of benzene rings is 1. The molecule has 2 unspecified atom stereocenters. The van der Waals surface area contributed by atoms with Crippen molar-refractivity contribution >= 4 is 28.9 Å². The Hall–Kier alpha value is -2.37. The van der Waals surface area contributed by atoms with Crippen molar-refractivity contribution in [3.05, 3.63) is 83.4 Å². The summed E-state index contributed by atoms with van der Waals surface area (Å²) in [6.45, 7) is 3.11. The molecule has 1 aliphatic rings. The average molecular weight is 411 g/mol. The maximum Gasteiger partial charge on any atom is 0.170 e. The van der Waals surface area contributed by atoms with Gasteiger partial charge in [0.15, 0.2) is 5.11 Å². The molecule has 3 heterocycles. The number of nitrogens with one attached hydrogen (secondary N) is 1. The summed E-state index contributed by atoms with van der Waals surface area (Å²) in [4.78, 5) is 6.91. The number of halogens is 1. The maximum atomic E-state index is 6.25. The van der Waals surface area contributed by atoms with Crippen molar-refractivity contribution in [2.75, 3.05) is 6.54 Å². The van der Waals surface area contributed by atoms with E-state index in [-0.39, 0.29) is 12.1 Å². The lowest BCUT2D eigenvalue weighted by atomic mass is 10.0. The van der Waals surface area contributed by atoms with Gasteiger partial charge in [0.1, 0.15) is 0 Å². The second-order valence-electron chi connectivity index (χ2n) is 6.96. The molecule has 2 aromatic heterocycles. The van der Waals surface area contributed by atoms with Crippen LogP contribution >= 0.6 is 23.8 Å². The van der Waals surface area contributed by atoms with Gasteiger partial charge in [0.05, 0.1) is 17.8 Å². The Labute approximate surface area is 176 Å². The molecule has 4 rings (SSSR count). The fourth-order valence-corrected chi connectivity index (χ4v) is 4.31. The Morgan fingerprint density at radius 3 is 2.79 bits per heavy atom. The molecule has 0 aliphatic carbocycles. The molecule has 2 atom stereocenters. The molecular weight excluding hydrogens is 388 g/mol. The first-order valence-electron chi connectivity index (χ1n) is 9.60. The minimum absolute atomic E-state index is 0.00149. The molecule has 0 radical (unpaired) electrons. The number of pyridine rings is 1. The summed E-state index contributed by atoms with van der Waals surface area (Å²) in [5.41, 5.74) is 3.20. The monoisotopic (exact) mass is 410 g/mol. The van der Waals surface area contributed by atoms with Crippen molar-refractivity contribution in [2.45, 2.75) is 31.8 Å². The van der Waals surface area contributed by atoms with E-state index < -0.39 is 0 Å². The molecule has 1 aromatic carbocycles. The normalized spacial score (nSPS) is 19.1.